The minimum absolute atomic E-state index is 0.215. The number of urea groups is 1. The van der Waals surface area contributed by atoms with Gasteiger partial charge >= 0.3 is 6.03 Å². The molecule has 2 N–H and O–H groups in total. The van der Waals surface area contributed by atoms with Gasteiger partial charge in [0, 0.05) is 12.2 Å². The van der Waals surface area contributed by atoms with Crippen LogP contribution in [0.5, 0.6) is 0 Å². The molecule has 7 nitrogen and oxygen atoms in total. The molecule has 0 atom stereocenters. The van der Waals surface area contributed by atoms with E-state index in [0.29, 0.717) is 11.6 Å². The maximum absolute atomic E-state index is 12.6. The van der Waals surface area contributed by atoms with Crippen LogP contribution in [0.15, 0.2) is 42.7 Å². The number of hydrogen-bond donors (Lipinski definition) is 2. The topological polar surface area (TPSA) is 86.8 Å². The summed E-state index contributed by atoms with van der Waals surface area (Å²) >= 11 is 0. The molecule has 0 unspecified atom stereocenters. The molecule has 1 aliphatic carbocycles. The van der Waals surface area contributed by atoms with E-state index < -0.39 is 0 Å². The van der Waals surface area contributed by atoms with Crippen LogP contribution in [0.1, 0.15) is 12.8 Å². The number of fused-ring (bicyclic) bond motifs is 1. The second-order valence-electron chi connectivity index (χ2n) is 5.24. The number of amides is 2. The number of nitrogens with one attached hydrogen (secondary N) is 2. The monoisotopic (exact) mass is 294 g/mol. The fourth-order valence-corrected chi connectivity index (χ4v) is 2.20. The molecule has 0 spiro atoms. The van der Waals surface area contributed by atoms with Gasteiger partial charge in [-0.15, -0.1) is 0 Å². The van der Waals surface area contributed by atoms with Crippen LogP contribution in [-0.2, 0) is 0 Å². The van der Waals surface area contributed by atoms with Crippen LogP contribution in [0.3, 0.4) is 0 Å². The molecule has 110 valence electrons. The summed E-state index contributed by atoms with van der Waals surface area (Å²) in [5, 5.41) is 10.5. The Bertz CT molecular complexity index is 811. The summed E-state index contributed by atoms with van der Waals surface area (Å²) in [6.45, 7) is 0. The Morgan fingerprint density at radius 3 is 2.82 bits per heavy atom. The first-order chi connectivity index (χ1) is 10.8. The Balaban J connectivity index is 1.76. The summed E-state index contributed by atoms with van der Waals surface area (Å²) in [4.78, 5) is 22.8. The highest BCUT2D eigenvalue weighted by molar-refractivity contribution is 5.98. The molecule has 22 heavy (non-hydrogen) atoms. The van der Waals surface area contributed by atoms with E-state index in [4.69, 9.17) is 0 Å². The molecule has 4 rings (SSSR count). The van der Waals surface area contributed by atoms with Gasteiger partial charge < -0.3 is 5.32 Å². The van der Waals surface area contributed by atoms with Gasteiger partial charge in [-0.3, -0.25) is 5.10 Å². The first kappa shape index (κ1) is 12.8. The van der Waals surface area contributed by atoms with E-state index in [1.54, 1.807) is 12.4 Å². The van der Waals surface area contributed by atoms with Crippen molar-refractivity contribution in [3.63, 3.8) is 0 Å². The average Bonchev–Trinajstić information content (AvgIpc) is 3.23. The maximum Gasteiger partial charge on any atom is 0.329 e. The van der Waals surface area contributed by atoms with Crippen molar-refractivity contribution in [3.8, 4) is 0 Å². The van der Waals surface area contributed by atoms with Crippen LogP contribution in [0, 0.1) is 0 Å². The van der Waals surface area contributed by atoms with E-state index in [1.807, 2.05) is 30.3 Å². The van der Waals surface area contributed by atoms with Gasteiger partial charge in [-0.2, -0.15) is 10.1 Å². The molecule has 0 aliphatic heterocycles. The molecule has 2 amide bonds. The molecule has 1 saturated carbocycles. The highest BCUT2D eigenvalue weighted by Crippen LogP contribution is 2.25. The highest BCUT2D eigenvalue weighted by Gasteiger charge is 2.28. The third kappa shape index (κ3) is 2.37. The lowest BCUT2D eigenvalue weighted by Gasteiger charge is -2.21. The number of carbonyl (C=O) groups is 1. The van der Waals surface area contributed by atoms with Gasteiger partial charge in [-0.25, -0.2) is 14.7 Å². The Morgan fingerprint density at radius 1 is 1.23 bits per heavy atom. The summed E-state index contributed by atoms with van der Waals surface area (Å²) in [7, 11) is 0. The third-order valence-electron chi connectivity index (χ3n) is 3.50. The Morgan fingerprint density at radius 2 is 2.05 bits per heavy atom. The number of aromatic nitrogens is 4. The van der Waals surface area contributed by atoms with Crippen LogP contribution in [0.2, 0.25) is 0 Å². The van der Waals surface area contributed by atoms with Crippen LogP contribution < -0.4 is 10.2 Å². The molecule has 1 aromatic carbocycles. The van der Waals surface area contributed by atoms with Gasteiger partial charge in [0.1, 0.15) is 0 Å². The van der Waals surface area contributed by atoms with E-state index >= 15 is 0 Å². The third-order valence-corrected chi connectivity index (χ3v) is 3.50. The van der Waals surface area contributed by atoms with Gasteiger partial charge in [0.25, 0.3) is 0 Å². The number of carbonyl (C=O) groups excluding carboxylic acids is 1. The number of anilines is 2. The van der Waals surface area contributed by atoms with Crippen LogP contribution in [0.4, 0.5) is 16.4 Å². The van der Waals surface area contributed by atoms with Crippen LogP contribution in [0.25, 0.3) is 11.0 Å². The number of para-hydroxylation sites is 1. The Labute approximate surface area is 126 Å². The van der Waals surface area contributed by atoms with Crippen LogP contribution in [-0.4, -0.2) is 32.2 Å². The van der Waals surface area contributed by atoms with Gasteiger partial charge in [-0.05, 0) is 25.0 Å². The van der Waals surface area contributed by atoms with Crippen molar-refractivity contribution in [2.45, 2.75) is 18.9 Å². The molecule has 0 bridgehead atoms. The standard InChI is InChI=1S/C15H14N6O/c22-15(18-11-6-7-11)21(12-4-2-1-3-5-12)14-16-8-10-9-17-20-13(10)19-14/h1-5,8-9,11H,6-7H2,(H,18,22)(H,16,17,19,20). The number of rotatable bonds is 3. The number of nitrogens with zero attached hydrogens (tertiary/aromatic N) is 4. The van der Waals surface area contributed by atoms with Crippen molar-refractivity contribution < 1.29 is 4.79 Å². The zero-order valence-electron chi connectivity index (χ0n) is 11.7. The van der Waals surface area contributed by atoms with E-state index in [1.165, 1.54) is 4.90 Å². The minimum atomic E-state index is -0.215. The molecule has 2 aromatic heterocycles. The smallest absolute Gasteiger partial charge is 0.329 e. The lowest BCUT2D eigenvalue weighted by Crippen LogP contribution is -2.39. The summed E-state index contributed by atoms with van der Waals surface area (Å²) in [5.74, 6) is 0.320. The first-order valence-electron chi connectivity index (χ1n) is 7.13. The van der Waals surface area contributed by atoms with E-state index in [9.17, 15) is 4.79 Å². The van der Waals surface area contributed by atoms with Crippen LogP contribution >= 0.6 is 0 Å². The summed E-state index contributed by atoms with van der Waals surface area (Å²) in [5.41, 5.74) is 1.32. The van der Waals surface area contributed by atoms with Gasteiger partial charge in [0.15, 0.2) is 5.65 Å². The van der Waals surface area contributed by atoms with E-state index in [-0.39, 0.29) is 12.1 Å². The fraction of sp³-hybridized carbons (Fsp3) is 0.200. The number of H-pyrrole nitrogens is 1. The van der Waals surface area contributed by atoms with Gasteiger partial charge in [0.05, 0.1) is 17.3 Å². The normalized spacial score (nSPS) is 14.0. The fourth-order valence-electron chi connectivity index (χ4n) is 2.20. The largest absolute Gasteiger partial charge is 0.335 e. The molecular formula is C15H14N6O. The molecular weight excluding hydrogens is 280 g/mol. The van der Waals surface area contributed by atoms with E-state index in [2.05, 4.69) is 25.5 Å². The summed E-state index contributed by atoms with van der Waals surface area (Å²) < 4.78 is 0. The van der Waals surface area contributed by atoms with Crippen molar-refractivity contribution in [1.29, 1.82) is 0 Å². The molecule has 7 heteroatoms. The molecule has 1 aliphatic rings. The second kappa shape index (κ2) is 5.10. The second-order valence-corrected chi connectivity index (χ2v) is 5.24. The maximum atomic E-state index is 12.6. The summed E-state index contributed by atoms with van der Waals surface area (Å²) in [6.07, 6.45) is 5.35. The van der Waals surface area contributed by atoms with Gasteiger partial charge in [0.2, 0.25) is 5.95 Å². The number of hydrogen-bond acceptors (Lipinski definition) is 4. The predicted octanol–water partition coefficient (Wildman–Crippen LogP) is 2.36. The zero-order chi connectivity index (χ0) is 14.9. The lowest BCUT2D eigenvalue weighted by molar-refractivity contribution is 0.248. The first-order valence-corrected chi connectivity index (χ1v) is 7.13. The highest BCUT2D eigenvalue weighted by atomic mass is 16.2. The predicted molar refractivity (Wildman–Crippen MR) is 81.8 cm³/mol. The van der Waals surface area contributed by atoms with Gasteiger partial charge in [-0.1, -0.05) is 18.2 Å². The molecule has 1 fully saturated rings. The van der Waals surface area contributed by atoms with Crippen molar-refractivity contribution in [2.75, 3.05) is 4.90 Å². The minimum Gasteiger partial charge on any atom is -0.335 e. The average molecular weight is 294 g/mol. The molecule has 0 saturated heterocycles. The Hall–Kier alpha value is -2.96. The van der Waals surface area contributed by atoms with Crippen molar-refractivity contribution in [3.05, 3.63) is 42.7 Å². The molecule has 0 radical (unpaired) electrons. The summed E-state index contributed by atoms with van der Waals surface area (Å²) in [6, 6.07) is 9.41. The zero-order valence-corrected chi connectivity index (χ0v) is 11.7. The molecule has 2 heterocycles. The molecule has 3 aromatic rings. The van der Waals surface area contributed by atoms with Crippen molar-refractivity contribution >= 4 is 28.7 Å². The SMILES string of the molecule is O=C(NC1CC1)N(c1ccccc1)c1ncc2cn[nH]c2n1. The van der Waals surface area contributed by atoms with E-state index in [0.717, 1.165) is 23.9 Å². The Kier molecular flexibility index (Phi) is 2.96. The lowest BCUT2D eigenvalue weighted by atomic mass is 10.3. The quantitative estimate of drug-likeness (QED) is 0.776. The van der Waals surface area contributed by atoms with Crippen molar-refractivity contribution in [1.82, 2.24) is 25.5 Å². The number of benzene rings is 1. The van der Waals surface area contributed by atoms with Crippen molar-refractivity contribution in [2.24, 2.45) is 0 Å². The number of aromatic amines is 1.